The molecule has 0 bridgehead atoms. The Kier molecular flexibility index (Phi) is 6.46. The highest BCUT2D eigenvalue weighted by Crippen LogP contribution is 2.32. The van der Waals surface area contributed by atoms with Crippen LogP contribution in [0.15, 0.2) is 66.7 Å². The van der Waals surface area contributed by atoms with Gasteiger partial charge in [0.15, 0.2) is 11.5 Å². The van der Waals surface area contributed by atoms with Gasteiger partial charge in [0.2, 0.25) is 0 Å². The standard InChI is InChI=1S/C24H18FNO4/c1-28-21-10-6-4-7-18(21)17(15-26)13-16-11-12-22(23(14-16)29-2)30-24(27)19-8-3-5-9-20(19)25/h3-14H,1-2H3/b17-13-. The molecular weight excluding hydrogens is 385 g/mol. The molecule has 0 aliphatic carbocycles. The fraction of sp³-hybridized carbons (Fsp3) is 0.0833. The molecule has 150 valence electrons. The predicted octanol–water partition coefficient (Wildman–Crippen LogP) is 5.13. The van der Waals surface area contributed by atoms with E-state index < -0.39 is 11.8 Å². The molecule has 0 saturated heterocycles. The van der Waals surface area contributed by atoms with E-state index in [1.165, 1.54) is 38.5 Å². The summed E-state index contributed by atoms with van der Waals surface area (Å²) in [6.45, 7) is 0. The molecule has 0 atom stereocenters. The number of carbonyl (C=O) groups excluding carboxylic acids is 1. The first-order chi connectivity index (χ1) is 14.6. The Morgan fingerprint density at radius 2 is 1.57 bits per heavy atom. The van der Waals surface area contributed by atoms with Gasteiger partial charge in [-0.3, -0.25) is 0 Å². The first-order valence-corrected chi connectivity index (χ1v) is 8.97. The van der Waals surface area contributed by atoms with Crippen molar-refractivity contribution in [3.05, 3.63) is 89.2 Å². The number of nitriles is 1. The zero-order valence-electron chi connectivity index (χ0n) is 16.4. The number of benzene rings is 3. The van der Waals surface area contributed by atoms with Crippen LogP contribution in [0.1, 0.15) is 21.5 Å². The number of ether oxygens (including phenoxy) is 3. The van der Waals surface area contributed by atoms with Gasteiger partial charge in [-0.15, -0.1) is 0 Å². The zero-order valence-corrected chi connectivity index (χ0v) is 16.4. The second kappa shape index (κ2) is 9.39. The number of hydrogen-bond acceptors (Lipinski definition) is 5. The number of carbonyl (C=O) groups is 1. The molecule has 0 unspecified atom stereocenters. The number of para-hydroxylation sites is 1. The molecule has 0 fully saturated rings. The van der Waals surface area contributed by atoms with Crippen LogP contribution < -0.4 is 14.2 Å². The first-order valence-electron chi connectivity index (χ1n) is 8.97. The van der Waals surface area contributed by atoms with Crippen molar-refractivity contribution in [2.45, 2.75) is 0 Å². The summed E-state index contributed by atoms with van der Waals surface area (Å²) in [5.41, 5.74) is 1.52. The van der Waals surface area contributed by atoms with Gasteiger partial charge in [-0.05, 0) is 48.0 Å². The Hall–Kier alpha value is -4.11. The average Bonchev–Trinajstić information content (AvgIpc) is 2.78. The summed E-state index contributed by atoms with van der Waals surface area (Å²) in [6, 6.07) is 19.7. The summed E-state index contributed by atoms with van der Waals surface area (Å²) in [7, 11) is 2.96. The average molecular weight is 403 g/mol. The van der Waals surface area contributed by atoms with Gasteiger partial charge in [0, 0.05) is 5.56 Å². The quantitative estimate of drug-likeness (QED) is 0.247. The van der Waals surface area contributed by atoms with Gasteiger partial charge in [0.1, 0.15) is 11.6 Å². The van der Waals surface area contributed by atoms with Crippen LogP contribution >= 0.6 is 0 Å². The van der Waals surface area contributed by atoms with E-state index in [0.717, 1.165) is 0 Å². The lowest BCUT2D eigenvalue weighted by atomic mass is 10.0. The highest BCUT2D eigenvalue weighted by molar-refractivity contribution is 5.93. The van der Waals surface area contributed by atoms with E-state index in [1.54, 1.807) is 36.4 Å². The van der Waals surface area contributed by atoms with E-state index in [4.69, 9.17) is 14.2 Å². The highest BCUT2D eigenvalue weighted by Gasteiger charge is 2.16. The number of methoxy groups -OCH3 is 2. The van der Waals surface area contributed by atoms with Crippen molar-refractivity contribution in [2.75, 3.05) is 14.2 Å². The molecular formula is C24H18FNO4. The van der Waals surface area contributed by atoms with E-state index >= 15 is 0 Å². The topological polar surface area (TPSA) is 68.6 Å². The van der Waals surface area contributed by atoms with Crippen molar-refractivity contribution >= 4 is 17.6 Å². The number of rotatable bonds is 6. The minimum absolute atomic E-state index is 0.138. The smallest absolute Gasteiger partial charge is 0.346 e. The summed E-state index contributed by atoms with van der Waals surface area (Å²) in [4.78, 5) is 12.3. The van der Waals surface area contributed by atoms with Crippen molar-refractivity contribution in [3.63, 3.8) is 0 Å². The van der Waals surface area contributed by atoms with Crippen LogP contribution in [0.3, 0.4) is 0 Å². The molecule has 0 heterocycles. The van der Waals surface area contributed by atoms with Gasteiger partial charge in [0.25, 0.3) is 0 Å². The minimum atomic E-state index is -0.832. The van der Waals surface area contributed by atoms with E-state index in [0.29, 0.717) is 22.4 Å². The molecule has 6 heteroatoms. The molecule has 0 aliphatic rings. The van der Waals surface area contributed by atoms with Crippen LogP contribution in [0, 0.1) is 17.1 Å². The fourth-order valence-corrected chi connectivity index (χ4v) is 2.84. The molecule has 3 rings (SSSR count). The van der Waals surface area contributed by atoms with E-state index in [1.807, 2.05) is 12.1 Å². The lowest BCUT2D eigenvalue weighted by Crippen LogP contribution is -2.11. The van der Waals surface area contributed by atoms with Gasteiger partial charge in [-0.1, -0.05) is 30.3 Å². The van der Waals surface area contributed by atoms with Gasteiger partial charge in [0.05, 0.1) is 31.4 Å². The minimum Gasteiger partial charge on any atom is -0.496 e. The van der Waals surface area contributed by atoms with Crippen LogP contribution in [0.2, 0.25) is 0 Å². The molecule has 0 saturated carbocycles. The van der Waals surface area contributed by atoms with Gasteiger partial charge in [-0.2, -0.15) is 5.26 Å². The predicted molar refractivity (Wildman–Crippen MR) is 111 cm³/mol. The third-order valence-corrected chi connectivity index (χ3v) is 4.31. The molecule has 0 N–H and O–H groups in total. The Bertz CT molecular complexity index is 1150. The van der Waals surface area contributed by atoms with Crippen molar-refractivity contribution in [3.8, 4) is 23.3 Å². The normalized spacial score (nSPS) is 10.8. The second-order valence-electron chi connectivity index (χ2n) is 6.15. The van der Waals surface area contributed by atoms with Gasteiger partial charge in [-0.25, -0.2) is 9.18 Å². The SMILES string of the molecule is COc1cc(/C=C(/C#N)c2ccccc2OC)ccc1OC(=O)c1ccccc1F. The molecule has 5 nitrogen and oxygen atoms in total. The zero-order chi connectivity index (χ0) is 21.5. The maximum absolute atomic E-state index is 13.8. The molecule has 0 amide bonds. The van der Waals surface area contributed by atoms with Gasteiger partial charge < -0.3 is 14.2 Å². The highest BCUT2D eigenvalue weighted by atomic mass is 19.1. The van der Waals surface area contributed by atoms with Crippen LogP contribution in [-0.4, -0.2) is 20.2 Å². The van der Waals surface area contributed by atoms with E-state index in [2.05, 4.69) is 6.07 Å². The van der Waals surface area contributed by atoms with E-state index in [-0.39, 0.29) is 17.1 Å². The molecule has 30 heavy (non-hydrogen) atoms. The Morgan fingerprint density at radius 3 is 2.23 bits per heavy atom. The number of halogens is 1. The Morgan fingerprint density at radius 1 is 0.900 bits per heavy atom. The third kappa shape index (κ3) is 4.47. The second-order valence-corrected chi connectivity index (χ2v) is 6.15. The number of nitrogens with zero attached hydrogens (tertiary/aromatic N) is 1. The molecule has 0 radical (unpaired) electrons. The van der Waals surface area contributed by atoms with Crippen LogP contribution in [0.5, 0.6) is 17.2 Å². The Labute approximate surface area is 173 Å². The fourth-order valence-electron chi connectivity index (χ4n) is 2.84. The van der Waals surface area contributed by atoms with Crippen molar-refractivity contribution in [1.82, 2.24) is 0 Å². The number of esters is 1. The van der Waals surface area contributed by atoms with Crippen LogP contribution in [0.25, 0.3) is 11.6 Å². The molecule has 0 aromatic heterocycles. The van der Waals surface area contributed by atoms with Crippen LogP contribution in [0.4, 0.5) is 4.39 Å². The lowest BCUT2D eigenvalue weighted by molar-refractivity contribution is 0.0725. The number of allylic oxidation sites excluding steroid dienone is 1. The maximum atomic E-state index is 13.8. The van der Waals surface area contributed by atoms with Gasteiger partial charge >= 0.3 is 5.97 Å². The monoisotopic (exact) mass is 403 g/mol. The maximum Gasteiger partial charge on any atom is 0.346 e. The first kappa shape index (κ1) is 20.6. The van der Waals surface area contributed by atoms with Crippen molar-refractivity contribution < 1.29 is 23.4 Å². The summed E-state index contributed by atoms with van der Waals surface area (Å²) in [5, 5.41) is 9.60. The molecule has 0 aliphatic heterocycles. The summed E-state index contributed by atoms with van der Waals surface area (Å²) in [5.74, 6) is -0.518. The summed E-state index contributed by atoms with van der Waals surface area (Å²) < 4.78 is 29.7. The molecule has 3 aromatic rings. The van der Waals surface area contributed by atoms with Crippen molar-refractivity contribution in [2.24, 2.45) is 0 Å². The molecule has 0 spiro atoms. The Balaban J connectivity index is 1.92. The van der Waals surface area contributed by atoms with E-state index in [9.17, 15) is 14.4 Å². The van der Waals surface area contributed by atoms with Crippen molar-refractivity contribution in [1.29, 1.82) is 5.26 Å². The largest absolute Gasteiger partial charge is 0.496 e. The molecule has 3 aromatic carbocycles. The summed E-state index contributed by atoms with van der Waals surface area (Å²) >= 11 is 0. The number of hydrogen-bond donors (Lipinski definition) is 0. The summed E-state index contributed by atoms with van der Waals surface area (Å²) in [6.07, 6.45) is 1.67. The third-order valence-electron chi connectivity index (χ3n) is 4.31. The lowest BCUT2D eigenvalue weighted by Gasteiger charge is -2.11. The van der Waals surface area contributed by atoms with Crippen LogP contribution in [-0.2, 0) is 0 Å².